The topological polar surface area (TPSA) is 113 Å². The van der Waals surface area contributed by atoms with E-state index in [4.69, 9.17) is 39.2 Å². The third-order valence-corrected chi connectivity index (χ3v) is 9.99. The summed E-state index contributed by atoms with van der Waals surface area (Å²) >= 11 is 18.3. The van der Waals surface area contributed by atoms with Crippen molar-refractivity contribution in [1.29, 1.82) is 0 Å². The lowest BCUT2D eigenvalue weighted by Gasteiger charge is -2.33. The van der Waals surface area contributed by atoms with E-state index in [2.05, 4.69) is 10.3 Å². The number of anilines is 1. The Bertz CT molecular complexity index is 1550. The fourth-order valence-corrected chi connectivity index (χ4v) is 6.39. The van der Waals surface area contributed by atoms with Crippen molar-refractivity contribution in [2.24, 2.45) is 0 Å². The van der Waals surface area contributed by atoms with E-state index >= 15 is 0 Å². The summed E-state index contributed by atoms with van der Waals surface area (Å²) in [6.07, 6.45) is 0.950. The Labute approximate surface area is 247 Å². The molecule has 0 fully saturated rings. The molecule has 3 aromatic carbocycles. The minimum atomic E-state index is -4.40. The van der Waals surface area contributed by atoms with Gasteiger partial charge in [-0.15, -0.1) is 0 Å². The van der Waals surface area contributed by atoms with Crippen LogP contribution in [0.25, 0.3) is 22.7 Å². The van der Waals surface area contributed by atoms with Gasteiger partial charge in [0.15, 0.2) is 0 Å². The fraction of sp³-hybridized carbons (Fsp3) is 0.241. The van der Waals surface area contributed by atoms with Crippen LogP contribution in [0.1, 0.15) is 44.4 Å². The summed E-state index contributed by atoms with van der Waals surface area (Å²) < 4.78 is 18.4. The van der Waals surface area contributed by atoms with E-state index in [1.54, 1.807) is 68.4 Å². The summed E-state index contributed by atoms with van der Waals surface area (Å²) in [5.74, 6) is 0.607. The summed E-state index contributed by atoms with van der Waals surface area (Å²) in [7, 11) is -4.40. The molecule has 40 heavy (non-hydrogen) atoms. The summed E-state index contributed by atoms with van der Waals surface area (Å²) in [4.78, 5) is 37.5. The normalized spacial score (nSPS) is 12.0. The molecule has 7 nitrogen and oxygen atoms in total. The molecule has 11 heteroatoms. The Kier molecular flexibility index (Phi) is 9.46. The van der Waals surface area contributed by atoms with Gasteiger partial charge in [0.2, 0.25) is 11.8 Å². The Balaban J connectivity index is 1.53. The summed E-state index contributed by atoms with van der Waals surface area (Å²) in [6, 6.07) is 18.9. The lowest BCUT2D eigenvalue weighted by atomic mass is 9.92. The fourth-order valence-electron chi connectivity index (χ4n) is 4.66. The van der Waals surface area contributed by atoms with E-state index in [9.17, 15) is 19.1 Å². The second kappa shape index (κ2) is 12.5. The molecule has 0 saturated heterocycles. The molecule has 0 spiro atoms. The highest BCUT2D eigenvalue weighted by Gasteiger charge is 2.45. The van der Waals surface area contributed by atoms with Crippen LogP contribution in [0.3, 0.4) is 0 Å². The Morgan fingerprint density at radius 2 is 1.55 bits per heavy atom. The molecule has 1 amide bonds. The molecule has 1 heterocycles. The van der Waals surface area contributed by atoms with Gasteiger partial charge in [-0.3, -0.25) is 9.36 Å². The molecule has 3 N–H and O–H groups in total. The van der Waals surface area contributed by atoms with Crippen LogP contribution in [0.2, 0.25) is 15.1 Å². The maximum atomic E-state index is 12.8. The SMILES string of the molecule is CCC(CC)(c1ccc(NC(=O)CCc2oc(-c3ccc(Cl)c(Cl)c3)nc2-c2ccc(Cl)cc2)cc1)P(=O)(O)O. The maximum absolute atomic E-state index is 12.8. The van der Waals surface area contributed by atoms with Crippen LogP contribution in [0.4, 0.5) is 5.69 Å². The average molecular weight is 622 g/mol. The third kappa shape index (κ3) is 6.46. The molecule has 1 aromatic heterocycles. The number of oxazole rings is 1. The molecule has 0 aliphatic rings. The molecule has 4 aromatic rings. The summed E-state index contributed by atoms with van der Waals surface area (Å²) in [5, 5.41) is 2.95. The van der Waals surface area contributed by atoms with Crippen LogP contribution in [0.15, 0.2) is 71.1 Å². The Hall–Kier alpha value is -2.64. The van der Waals surface area contributed by atoms with E-state index in [1.807, 2.05) is 12.1 Å². The number of amides is 1. The van der Waals surface area contributed by atoms with Gasteiger partial charge in [-0.05, 0) is 60.9 Å². The average Bonchev–Trinajstić information content (AvgIpc) is 3.35. The first-order valence-corrected chi connectivity index (χ1v) is 15.4. The largest absolute Gasteiger partial charge is 0.440 e. The van der Waals surface area contributed by atoms with Gasteiger partial charge in [0, 0.05) is 34.7 Å². The Morgan fingerprint density at radius 1 is 0.925 bits per heavy atom. The molecule has 210 valence electrons. The lowest BCUT2D eigenvalue weighted by Crippen LogP contribution is -2.24. The van der Waals surface area contributed by atoms with Gasteiger partial charge in [-0.25, -0.2) is 4.98 Å². The zero-order valence-corrected chi connectivity index (χ0v) is 25.0. The second-order valence-corrected chi connectivity index (χ2v) is 12.5. The van der Waals surface area contributed by atoms with Crippen LogP contribution in [-0.4, -0.2) is 20.7 Å². The van der Waals surface area contributed by atoms with Crippen molar-refractivity contribution in [3.63, 3.8) is 0 Å². The van der Waals surface area contributed by atoms with Crippen molar-refractivity contribution in [3.05, 3.63) is 93.1 Å². The molecule has 0 aliphatic carbocycles. The van der Waals surface area contributed by atoms with Crippen LogP contribution < -0.4 is 5.32 Å². The minimum absolute atomic E-state index is 0.106. The van der Waals surface area contributed by atoms with Crippen molar-refractivity contribution >= 4 is 54.0 Å². The minimum Gasteiger partial charge on any atom is -0.440 e. The van der Waals surface area contributed by atoms with Crippen LogP contribution in [0, 0.1) is 0 Å². The number of carbonyl (C=O) groups is 1. The van der Waals surface area contributed by atoms with Gasteiger partial charge in [0.25, 0.3) is 0 Å². The number of aryl methyl sites for hydroxylation is 1. The van der Waals surface area contributed by atoms with Gasteiger partial charge < -0.3 is 19.5 Å². The molecule has 0 saturated carbocycles. The van der Waals surface area contributed by atoms with E-state index in [-0.39, 0.29) is 31.6 Å². The molecule has 4 rings (SSSR count). The standard InChI is InChI=1S/C29H28Cl3N2O5P/c1-3-29(4-2,40(36,37)38)20-8-12-22(13-9-20)33-26(35)16-15-25-27(18-5-10-21(30)11-6-18)34-28(39-25)19-7-14-23(31)24(32)17-19/h5-14,17H,3-4,15-16H2,1-2H3,(H,33,35)(H2,36,37,38). The van der Waals surface area contributed by atoms with Crippen molar-refractivity contribution in [1.82, 2.24) is 4.98 Å². The highest BCUT2D eigenvalue weighted by molar-refractivity contribution is 7.53. The highest BCUT2D eigenvalue weighted by Crippen LogP contribution is 2.60. The molecular weight excluding hydrogens is 594 g/mol. The predicted molar refractivity (Wildman–Crippen MR) is 160 cm³/mol. The van der Waals surface area contributed by atoms with Crippen molar-refractivity contribution in [2.75, 3.05) is 5.32 Å². The van der Waals surface area contributed by atoms with Crippen molar-refractivity contribution in [2.45, 2.75) is 44.7 Å². The number of hydrogen-bond acceptors (Lipinski definition) is 4. The van der Waals surface area contributed by atoms with Crippen LogP contribution >= 0.6 is 42.4 Å². The second-order valence-electron chi connectivity index (χ2n) is 9.33. The van der Waals surface area contributed by atoms with E-state index in [0.717, 1.165) is 5.56 Å². The smallest absolute Gasteiger partial charge is 0.335 e. The van der Waals surface area contributed by atoms with Gasteiger partial charge in [0.1, 0.15) is 11.5 Å². The van der Waals surface area contributed by atoms with Gasteiger partial charge in [-0.1, -0.05) is 72.9 Å². The van der Waals surface area contributed by atoms with Gasteiger partial charge in [-0.2, -0.15) is 0 Å². The number of hydrogen-bond donors (Lipinski definition) is 3. The molecular formula is C29H28Cl3N2O5P. The molecule has 0 atom stereocenters. The maximum Gasteiger partial charge on any atom is 0.335 e. The number of nitrogens with one attached hydrogen (secondary N) is 1. The molecule has 0 aliphatic heterocycles. The van der Waals surface area contributed by atoms with E-state index < -0.39 is 12.8 Å². The van der Waals surface area contributed by atoms with Gasteiger partial charge in [0.05, 0.1) is 15.2 Å². The Morgan fingerprint density at radius 3 is 2.12 bits per heavy atom. The summed E-state index contributed by atoms with van der Waals surface area (Å²) in [6.45, 7) is 3.51. The van der Waals surface area contributed by atoms with E-state index in [0.29, 0.717) is 49.2 Å². The molecule has 0 bridgehead atoms. The van der Waals surface area contributed by atoms with Crippen LogP contribution in [-0.2, 0) is 20.9 Å². The number of benzene rings is 3. The number of aromatic nitrogens is 1. The molecule has 0 radical (unpaired) electrons. The number of carbonyl (C=O) groups excluding carboxylic acids is 1. The first-order chi connectivity index (χ1) is 19.0. The zero-order chi connectivity index (χ0) is 29.1. The highest BCUT2D eigenvalue weighted by atomic mass is 35.5. The number of nitrogens with zero attached hydrogens (tertiary/aromatic N) is 1. The van der Waals surface area contributed by atoms with Crippen molar-refractivity contribution in [3.8, 4) is 22.7 Å². The summed E-state index contributed by atoms with van der Waals surface area (Å²) in [5.41, 5.74) is 3.07. The monoisotopic (exact) mass is 620 g/mol. The quantitative estimate of drug-likeness (QED) is 0.153. The first kappa shape index (κ1) is 30.3. The molecule has 0 unspecified atom stereocenters. The zero-order valence-electron chi connectivity index (χ0n) is 21.8. The number of rotatable bonds is 10. The first-order valence-electron chi connectivity index (χ1n) is 12.6. The van der Waals surface area contributed by atoms with Gasteiger partial charge >= 0.3 is 7.60 Å². The lowest BCUT2D eigenvalue weighted by molar-refractivity contribution is -0.116. The third-order valence-electron chi connectivity index (χ3n) is 6.99. The van der Waals surface area contributed by atoms with Crippen molar-refractivity contribution < 1.29 is 23.6 Å². The van der Waals surface area contributed by atoms with E-state index in [1.165, 1.54) is 0 Å². The van der Waals surface area contributed by atoms with Crippen LogP contribution in [0.5, 0.6) is 0 Å². The number of halogens is 3. The predicted octanol–water partition coefficient (Wildman–Crippen LogP) is 8.73.